The van der Waals surface area contributed by atoms with Gasteiger partial charge in [-0.3, -0.25) is 4.79 Å². The summed E-state index contributed by atoms with van der Waals surface area (Å²) < 4.78 is 13.5. The summed E-state index contributed by atoms with van der Waals surface area (Å²) in [5, 5.41) is 2.57. The molecular weight excluding hydrogens is 275 g/mol. The zero-order valence-corrected chi connectivity index (χ0v) is 10.6. The van der Waals surface area contributed by atoms with Gasteiger partial charge in [-0.25, -0.2) is 4.39 Å². The van der Waals surface area contributed by atoms with Crippen molar-refractivity contribution < 1.29 is 9.18 Å². The smallest absolute Gasteiger partial charge is 0.241 e. The number of carbonyl (C=O) groups is 1. The van der Waals surface area contributed by atoms with Crippen molar-refractivity contribution in [3.8, 4) is 0 Å². The minimum absolute atomic E-state index is 0.288. The van der Waals surface area contributed by atoms with Crippen molar-refractivity contribution in [1.82, 2.24) is 0 Å². The zero-order chi connectivity index (χ0) is 12.1. The molecule has 1 aromatic carbocycles. The Labute approximate surface area is 102 Å². The number of amides is 1. The van der Waals surface area contributed by atoms with Gasteiger partial charge in [0.15, 0.2) is 0 Å². The molecule has 0 bridgehead atoms. The van der Waals surface area contributed by atoms with Crippen molar-refractivity contribution in [1.29, 1.82) is 0 Å². The second-order valence-electron chi connectivity index (χ2n) is 3.51. The Kier molecular flexibility index (Phi) is 4.89. The molecule has 5 heteroatoms. The number of hydrogen-bond acceptors (Lipinski definition) is 2. The van der Waals surface area contributed by atoms with Gasteiger partial charge in [0, 0.05) is 5.69 Å². The fraction of sp³-hybridized carbons (Fsp3) is 0.364. The molecule has 88 valence electrons. The molecule has 0 radical (unpaired) electrons. The van der Waals surface area contributed by atoms with Gasteiger partial charge < -0.3 is 11.1 Å². The van der Waals surface area contributed by atoms with Gasteiger partial charge in [-0.1, -0.05) is 13.3 Å². The SMILES string of the molecule is CCCC(N)C(=O)Nc1ccc(Br)c(F)c1. The first-order chi connectivity index (χ1) is 7.54. The number of hydrogen-bond donors (Lipinski definition) is 2. The molecule has 0 saturated carbocycles. The summed E-state index contributed by atoms with van der Waals surface area (Å²) >= 11 is 3.04. The van der Waals surface area contributed by atoms with Crippen molar-refractivity contribution in [3.63, 3.8) is 0 Å². The molecule has 1 unspecified atom stereocenters. The number of benzene rings is 1. The van der Waals surface area contributed by atoms with Gasteiger partial charge in [-0.15, -0.1) is 0 Å². The summed E-state index contributed by atoms with van der Waals surface area (Å²) in [6.45, 7) is 1.95. The molecule has 1 amide bonds. The van der Waals surface area contributed by atoms with E-state index in [-0.39, 0.29) is 5.91 Å². The highest BCUT2D eigenvalue weighted by Crippen LogP contribution is 2.19. The fourth-order valence-corrected chi connectivity index (χ4v) is 1.50. The first-order valence-corrected chi connectivity index (χ1v) is 5.85. The maximum absolute atomic E-state index is 13.1. The van der Waals surface area contributed by atoms with Crippen LogP contribution < -0.4 is 11.1 Å². The van der Waals surface area contributed by atoms with Crippen LogP contribution in [0.15, 0.2) is 22.7 Å². The maximum Gasteiger partial charge on any atom is 0.241 e. The lowest BCUT2D eigenvalue weighted by molar-refractivity contribution is -0.117. The maximum atomic E-state index is 13.1. The predicted octanol–water partition coefficient (Wildman–Crippen LogP) is 2.65. The number of carbonyl (C=O) groups excluding carboxylic acids is 1. The third-order valence-electron chi connectivity index (χ3n) is 2.12. The van der Waals surface area contributed by atoms with Crippen molar-refractivity contribution in [2.24, 2.45) is 5.73 Å². The number of halogens is 2. The van der Waals surface area contributed by atoms with Crippen LogP contribution in [0.3, 0.4) is 0 Å². The summed E-state index contributed by atoms with van der Waals surface area (Å²) in [4.78, 5) is 11.5. The molecule has 0 heterocycles. The van der Waals surface area contributed by atoms with Gasteiger partial charge in [0.1, 0.15) is 5.82 Å². The number of nitrogens with one attached hydrogen (secondary N) is 1. The highest BCUT2D eigenvalue weighted by molar-refractivity contribution is 9.10. The molecule has 0 saturated heterocycles. The lowest BCUT2D eigenvalue weighted by Crippen LogP contribution is -2.35. The third kappa shape index (κ3) is 3.57. The van der Waals surface area contributed by atoms with Crippen LogP contribution in [-0.4, -0.2) is 11.9 Å². The Morgan fingerprint density at radius 1 is 1.62 bits per heavy atom. The van der Waals surface area contributed by atoms with Crippen molar-refractivity contribution in [3.05, 3.63) is 28.5 Å². The van der Waals surface area contributed by atoms with E-state index in [1.165, 1.54) is 12.1 Å². The van der Waals surface area contributed by atoms with E-state index in [4.69, 9.17) is 5.73 Å². The largest absolute Gasteiger partial charge is 0.325 e. The second kappa shape index (κ2) is 5.96. The van der Waals surface area contributed by atoms with Crippen LogP contribution in [-0.2, 0) is 4.79 Å². The second-order valence-corrected chi connectivity index (χ2v) is 4.37. The molecule has 3 N–H and O–H groups in total. The molecule has 0 aliphatic rings. The number of nitrogens with two attached hydrogens (primary N) is 1. The van der Waals surface area contributed by atoms with Crippen molar-refractivity contribution >= 4 is 27.5 Å². The lowest BCUT2D eigenvalue weighted by atomic mass is 10.1. The van der Waals surface area contributed by atoms with E-state index in [0.29, 0.717) is 16.6 Å². The van der Waals surface area contributed by atoms with Crippen LogP contribution in [0.1, 0.15) is 19.8 Å². The highest BCUT2D eigenvalue weighted by Gasteiger charge is 2.12. The van der Waals surface area contributed by atoms with E-state index in [2.05, 4.69) is 21.2 Å². The first kappa shape index (κ1) is 13.1. The van der Waals surface area contributed by atoms with Gasteiger partial charge in [-0.2, -0.15) is 0 Å². The van der Waals surface area contributed by atoms with Gasteiger partial charge in [-0.05, 0) is 40.5 Å². The van der Waals surface area contributed by atoms with E-state index < -0.39 is 11.9 Å². The van der Waals surface area contributed by atoms with E-state index in [1.54, 1.807) is 6.07 Å². The summed E-state index contributed by atoms with van der Waals surface area (Å²) in [5.74, 6) is -0.703. The molecule has 16 heavy (non-hydrogen) atoms. The molecule has 1 aromatic rings. The zero-order valence-electron chi connectivity index (χ0n) is 8.97. The molecule has 1 rings (SSSR count). The van der Waals surface area contributed by atoms with Gasteiger partial charge in [0.2, 0.25) is 5.91 Å². The molecule has 0 aromatic heterocycles. The molecule has 0 aliphatic carbocycles. The molecular formula is C11H14BrFN2O. The average molecular weight is 289 g/mol. The third-order valence-corrected chi connectivity index (χ3v) is 2.77. The molecule has 0 fully saturated rings. The van der Waals surface area contributed by atoms with E-state index >= 15 is 0 Å². The Morgan fingerprint density at radius 3 is 2.88 bits per heavy atom. The number of rotatable bonds is 4. The standard InChI is InChI=1S/C11H14BrFN2O/c1-2-3-10(14)11(16)15-7-4-5-8(12)9(13)6-7/h4-6,10H,2-3,14H2,1H3,(H,15,16). The van der Waals surface area contributed by atoms with Crippen LogP contribution >= 0.6 is 15.9 Å². The Balaban J connectivity index is 2.66. The molecule has 0 spiro atoms. The number of anilines is 1. The fourth-order valence-electron chi connectivity index (χ4n) is 1.25. The summed E-state index contributed by atoms with van der Waals surface area (Å²) in [5.41, 5.74) is 6.04. The average Bonchev–Trinajstić information content (AvgIpc) is 2.24. The molecule has 3 nitrogen and oxygen atoms in total. The minimum Gasteiger partial charge on any atom is -0.325 e. The summed E-state index contributed by atoms with van der Waals surface area (Å²) in [6, 6.07) is 3.86. The van der Waals surface area contributed by atoms with Crippen LogP contribution in [0.4, 0.5) is 10.1 Å². The van der Waals surface area contributed by atoms with Crippen LogP contribution in [0, 0.1) is 5.82 Å². The Hall–Kier alpha value is -0.940. The van der Waals surface area contributed by atoms with E-state index in [9.17, 15) is 9.18 Å². The Morgan fingerprint density at radius 2 is 2.31 bits per heavy atom. The minimum atomic E-state index is -0.545. The van der Waals surface area contributed by atoms with Crippen molar-refractivity contribution in [2.45, 2.75) is 25.8 Å². The van der Waals surface area contributed by atoms with Crippen LogP contribution in [0.25, 0.3) is 0 Å². The topological polar surface area (TPSA) is 55.1 Å². The Bertz CT molecular complexity index is 384. The van der Waals surface area contributed by atoms with Crippen LogP contribution in [0.5, 0.6) is 0 Å². The van der Waals surface area contributed by atoms with E-state index in [0.717, 1.165) is 6.42 Å². The normalized spacial score (nSPS) is 12.2. The van der Waals surface area contributed by atoms with E-state index in [1.807, 2.05) is 6.92 Å². The van der Waals surface area contributed by atoms with Crippen LogP contribution in [0.2, 0.25) is 0 Å². The van der Waals surface area contributed by atoms with Crippen molar-refractivity contribution in [2.75, 3.05) is 5.32 Å². The van der Waals surface area contributed by atoms with Gasteiger partial charge in [0.25, 0.3) is 0 Å². The summed E-state index contributed by atoms with van der Waals surface area (Å²) in [6.07, 6.45) is 1.45. The van der Waals surface area contributed by atoms with Gasteiger partial charge in [0.05, 0.1) is 10.5 Å². The monoisotopic (exact) mass is 288 g/mol. The molecule has 0 aliphatic heterocycles. The summed E-state index contributed by atoms with van der Waals surface area (Å²) in [7, 11) is 0. The van der Waals surface area contributed by atoms with Gasteiger partial charge >= 0.3 is 0 Å². The lowest BCUT2D eigenvalue weighted by Gasteiger charge is -2.11. The highest BCUT2D eigenvalue weighted by atomic mass is 79.9. The molecule has 1 atom stereocenters. The quantitative estimate of drug-likeness (QED) is 0.895. The first-order valence-electron chi connectivity index (χ1n) is 5.06. The predicted molar refractivity (Wildman–Crippen MR) is 65.6 cm³/mol.